The molecule has 0 saturated heterocycles. The Hall–Kier alpha value is -2.38. The molecular weight excluding hydrogens is 436 g/mol. The fourth-order valence-corrected chi connectivity index (χ4v) is 5.86. The number of amides is 1. The van der Waals surface area contributed by atoms with Gasteiger partial charge < -0.3 is 5.32 Å². The molecule has 1 aliphatic carbocycles. The summed E-state index contributed by atoms with van der Waals surface area (Å²) in [4.78, 5) is 13.7. The lowest BCUT2D eigenvalue weighted by Crippen LogP contribution is -2.37. The highest BCUT2D eigenvalue weighted by Crippen LogP contribution is 2.39. The lowest BCUT2D eigenvalue weighted by atomic mass is 9.95. The predicted molar refractivity (Wildman–Crippen MR) is 134 cm³/mol. The van der Waals surface area contributed by atoms with Gasteiger partial charge in [0.1, 0.15) is 0 Å². The fraction of sp³-hybridized carbons (Fsp3) is 0.400. The molecule has 0 aliphatic heterocycles. The molecule has 2 heterocycles. The summed E-state index contributed by atoms with van der Waals surface area (Å²) in [5.74, 6) is 1.24. The Morgan fingerprint density at radius 2 is 1.97 bits per heavy atom. The molecule has 7 heteroatoms. The molecule has 0 bridgehead atoms. The van der Waals surface area contributed by atoms with E-state index in [-0.39, 0.29) is 5.91 Å². The third kappa shape index (κ3) is 5.15. The molecule has 3 aromatic rings. The Kier molecular flexibility index (Phi) is 7.48. The van der Waals surface area contributed by atoms with E-state index in [1.165, 1.54) is 52.6 Å². The number of carbonyl (C=O) groups is 1. The first-order chi connectivity index (χ1) is 15.6. The van der Waals surface area contributed by atoms with Crippen molar-refractivity contribution in [1.82, 2.24) is 20.1 Å². The van der Waals surface area contributed by atoms with Crippen molar-refractivity contribution in [2.24, 2.45) is 0 Å². The SMILES string of the molecule is C=CCn1c(SCC(=O)NC2CCCCC2)nnc1-c1csc(C)c1-c1ccc(C)cc1. The Bertz CT molecular complexity index is 1080. The van der Waals surface area contributed by atoms with Crippen LogP contribution in [0.4, 0.5) is 0 Å². The summed E-state index contributed by atoms with van der Waals surface area (Å²) in [6, 6.07) is 8.92. The molecule has 32 heavy (non-hydrogen) atoms. The average Bonchev–Trinajstić information content (AvgIpc) is 3.37. The highest BCUT2D eigenvalue weighted by atomic mass is 32.2. The van der Waals surface area contributed by atoms with Gasteiger partial charge in [-0.05, 0) is 32.3 Å². The first-order valence-corrected chi connectivity index (χ1v) is 13.0. The summed E-state index contributed by atoms with van der Waals surface area (Å²) in [6.45, 7) is 8.75. The van der Waals surface area contributed by atoms with Gasteiger partial charge in [0.15, 0.2) is 11.0 Å². The van der Waals surface area contributed by atoms with E-state index in [2.05, 4.69) is 70.2 Å². The maximum Gasteiger partial charge on any atom is 0.230 e. The molecule has 2 aromatic heterocycles. The van der Waals surface area contributed by atoms with Crippen molar-refractivity contribution in [1.29, 1.82) is 0 Å². The van der Waals surface area contributed by atoms with Crippen LogP contribution in [0.1, 0.15) is 42.5 Å². The van der Waals surface area contributed by atoms with Crippen molar-refractivity contribution in [3.05, 3.63) is 52.7 Å². The first kappa shape index (κ1) is 22.8. The van der Waals surface area contributed by atoms with Crippen molar-refractivity contribution >= 4 is 29.0 Å². The van der Waals surface area contributed by atoms with Gasteiger partial charge in [0.2, 0.25) is 5.91 Å². The van der Waals surface area contributed by atoms with Crippen LogP contribution in [0.5, 0.6) is 0 Å². The predicted octanol–water partition coefficient (Wildman–Crippen LogP) is 6.02. The average molecular weight is 467 g/mol. The number of carbonyl (C=O) groups excluding carboxylic acids is 1. The van der Waals surface area contributed by atoms with Gasteiger partial charge in [0.25, 0.3) is 0 Å². The first-order valence-electron chi connectivity index (χ1n) is 11.2. The molecule has 1 aliphatic rings. The lowest BCUT2D eigenvalue weighted by Gasteiger charge is -2.22. The zero-order chi connectivity index (χ0) is 22.5. The second-order valence-corrected chi connectivity index (χ2v) is 10.4. The van der Waals surface area contributed by atoms with Crippen molar-refractivity contribution in [2.45, 2.75) is 63.7 Å². The van der Waals surface area contributed by atoms with Crippen molar-refractivity contribution in [2.75, 3.05) is 5.75 Å². The van der Waals surface area contributed by atoms with Gasteiger partial charge in [-0.3, -0.25) is 9.36 Å². The van der Waals surface area contributed by atoms with Gasteiger partial charge in [-0.1, -0.05) is 66.9 Å². The van der Waals surface area contributed by atoms with E-state index in [1.807, 2.05) is 6.08 Å². The van der Waals surface area contributed by atoms with Gasteiger partial charge in [-0.2, -0.15) is 0 Å². The van der Waals surface area contributed by atoms with Gasteiger partial charge in [-0.15, -0.1) is 28.1 Å². The van der Waals surface area contributed by atoms with Crippen molar-refractivity contribution < 1.29 is 4.79 Å². The molecule has 0 radical (unpaired) electrons. The van der Waals surface area contributed by atoms with Gasteiger partial charge in [0, 0.05) is 34.0 Å². The zero-order valence-corrected chi connectivity index (χ0v) is 20.4. The molecule has 0 spiro atoms. The number of thioether (sulfide) groups is 1. The van der Waals surface area contributed by atoms with Gasteiger partial charge in [0.05, 0.1) is 5.75 Å². The van der Waals surface area contributed by atoms with E-state index in [0.717, 1.165) is 29.4 Å². The van der Waals surface area contributed by atoms with Crippen LogP contribution in [-0.2, 0) is 11.3 Å². The summed E-state index contributed by atoms with van der Waals surface area (Å²) in [7, 11) is 0. The van der Waals surface area contributed by atoms with E-state index in [4.69, 9.17) is 0 Å². The number of aromatic nitrogens is 3. The van der Waals surface area contributed by atoms with Crippen LogP contribution >= 0.6 is 23.1 Å². The molecule has 0 unspecified atom stereocenters. The number of aryl methyl sites for hydroxylation is 2. The van der Waals surface area contributed by atoms with E-state index in [1.54, 1.807) is 11.3 Å². The molecule has 1 N–H and O–H groups in total. The molecule has 1 aromatic carbocycles. The molecule has 0 atom stereocenters. The highest BCUT2D eigenvalue weighted by Gasteiger charge is 2.21. The minimum atomic E-state index is 0.0725. The van der Waals surface area contributed by atoms with Gasteiger partial charge in [-0.25, -0.2) is 0 Å². The van der Waals surface area contributed by atoms with Crippen LogP contribution in [0.15, 0.2) is 47.5 Å². The summed E-state index contributed by atoms with van der Waals surface area (Å²) < 4.78 is 2.06. The number of nitrogens with zero attached hydrogens (tertiary/aromatic N) is 3. The molecule has 168 valence electrons. The number of nitrogens with one attached hydrogen (secondary N) is 1. The van der Waals surface area contributed by atoms with Crippen molar-refractivity contribution in [3.63, 3.8) is 0 Å². The molecule has 1 saturated carbocycles. The lowest BCUT2D eigenvalue weighted by molar-refractivity contribution is -0.119. The summed E-state index contributed by atoms with van der Waals surface area (Å²) >= 11 is 3.16. The number of benzene rings is 1. The van der Waals surface area contributed by atoms with Gasteiger partial charge >= 0.3 is 0 Å². The van der Waals surface area contributed by atoms with E-state index >= 15 is 0 Å². The Balaban J connectivity index is 1.55. The van der Waals surface area contributed by atoms with Crippen LogP contribution in [0.25, 0.3) is 22.5 Å². The summed E-state index contributed by atoms with van der Waals surface area (Å²) in [6.07, 6.45) is 7.72. The molecule has 1 fully saturated rings. The molecule has 1 amide bonds. The second kappa shape index (κ2) is 10.5. The van der Waals surface area contributed by atoms with Crippen LogP contribution in [0.2, 0.25) is 0 Å². The summed E-state index contributed by atoms with van der Waals surface area (Å²) in [5.41, 5.74) is 4.69. The number of allylic oxidation sites excluding steroid dienone is 1. The summed E-state index contributed by atoms with van der Waals surface area (Å²) in [5, 5.41) is 15.1. The minimum absolute atomic E-state index is 0.0725. The monoisotopic (exact) mass is 466 g/mol. The Morgan fingerprint density at radius 3 is 2.69 bits per heavy atom. The van der Waals surface area contributed by atoms with E-state index < -0.39 is 0 Å². The zero-order valence-electron chi connectivity index (χ0n) is 18.8. The third-order valence-corrected chi connectivity index (χ3v) is 7.77. The number of rotatable bonds is 8. The van der Waals surface area contributed by atoms with Crippen molar-refractivity contribution in [3.8, 4) is 22.5 Å². The maximum atomic E-state index is 12.5. The van der Waals surface area contributed by atoms with Crippen LogP contribution in [0.3, 0.4) is 0 Å². The van der Waals surface area contributed by atoms with Crippen LogP contribution in [-0.4, -0.2) is 32.5 Å². The maximum absolute atomic E-state index is 12.5. The fourth-order valence-electron chi connectivity index (χ4n) is 4.23. The molecular formula is C25H30N4OS2. The smallest absolute Gasteiger partial charge is 0.230 e. The normalized spacial score (nSPS) is 14.4. The quantitative estimate of drug-likeness (QED) is 0.326. The second-order valence-electron chi connectivity index (χ2n) is 8.34. The Labute approximate surface area is 198 Å². The van der Waals surface area contributed by atoms with Crippen LogP contribution < -0.4 is 5.32 Å². The standard InChI is InChI=1S/C25H30N4OS2/c1-4-14-29-24(21-15-31-18(3)23(21)19-12-10-17(2)11-13-19)27-28-25(29)32-16-22(30)26-20-8-6-5-7-9-20/h4,10-13,15,20H,1,5-9,14,16H2,2-3H3,(H,26,30). The largest absolute Gasteiger partial charge is 0.353 e. The number of thiophene rings is 1. The highest BCUT2D eigenvalue weighted by molar-refractivity contribution is 7.99. The topological polar surface area (TPSA) is 59.8 Å². The number of hydrogen-bond acceptors (Lipinski definition) is 5. The van der Waals surface area contributed by atoms with E-state index in [0.29, 0.717) is 18.3 Å². The third-order valence-electron chi connectivity index (χ3n) is 5.89. The minimum Gasteiger partial charge on any atom is -0.353 e. The van der Waals surface area contributed by atoms with Crippen LogP contribution in [0, 0.1) is 13.8 Å². The number of hydrogen-bond donors (Lipinski definition) is 1. The Morgan fingerprint density at radius 1 is 1.22 bits per heavy atom. The molecule has 5 nitrogen and oxygen atoms in total. The molecule has 4 rings (SSSR count). The van der Waals surface area contributed by atoms with E-state index in [9.17, 15) is 4.79 Å².